The summed E-state index contributed by atoms with van der Waals surface area (Å²) in [5.41, 5.74) is 1.03. The van der Waals surface area contributed by atoms with Crippen LogP contribution >= 0.6 is 0 Å². The summed E-state index contributed by atoms with van der Waals surface area (Å²) >= 11 is 0. The van der Waals surface area contributed by atoms with Crippen LogP contribution in [0, 0.1) is 6.92 Å². The molecule has 1 N–H and O–H groups in total. The summed E-state index contributed by atoms with van der Waals surface area (Å²) in [6, 6.07) is 0. The number of aromatic nitrogens is 2. The Kier molecular flexibility index (Phi) is 4.81. The van der Waals surface area contributed by atoms with Crippen LogP contribution in [-0.2, 0) is 11.3 Å². The van der Waals surface area contributed by atoms with Crippen molar-refractivity contribution < 1.29 is 4.74 Å². The molecule has 1 aliphatic rings. The number of ether oxygens (including phenoxy) is 1. The summed E-state index contributed by atoms with van der Waals surface area (Å²) in [7, 11) is 0. The highest BCUT2D eigenvalue weighted by molar-refractivity contribution is 5.29. The third kappa shape index (κ3) is 3.60. The minimum absolute atomic E-state index is 0.485. The monoisotopic (exact) mass is 249 g/mol. The van der Waals surface area contributed by atoms with Gasteiger partial charge in [-0.1, -0.05) is 18.9 Å². The van der Waals surface area contributed by atoms with Crippen LogP contribution in [0.1, 0.15) is 31.4 Å². The first-order valence-corrected chi connectivity index (χ1v) is 6.79. The van der Waals surface area contributed by atoms with E-state index in [4.69, 9.17) is 4.74 Å². The number of nitrogens with one attached hydrogen (secondary N) is 1. The van der Waals surface area contributed by atoms with Crippen molar-refractivity contribution in [1.82, 2.24) is 9.55 Å². The zero-order valence-electron chi connectivity index (χ0n) is 11.2. The van der Waals surface area contributed by atoms with Crippen LogP contribution in [0.15, 0.2) is 18.9 Å². The van der Waals surface area contributed by atoms with Crippen molar-refractivity contribution in [1.29, 1.82) is 0 Å². The molecule has 1 aromatic rings. The van der Waals surface area contributed by atoms with Crippen LogP contribution in [0.25, 0.3) is 0 Å². The van der Waals surface area contributed by atoms with Gasteiger partial charge in [-0.25, -0.2) is 4.98 Å². The second kappa shape index (κ2) is 6.59. The summed E-state index contributed by atoms with van der Waals surface area (Å²) in [6.07, 6.45) is 9.48. The Morgan fingerprint density at radius 1 is 1.56 bits per heavy atom. The average molecular weight is 249 g/mol. The number of hydrogen-bond acceptors (Lipinski definition) is 3. The van der Waals surface area contributed by atoms with E-state index in [1.807, 2.05) is 13.0 Å². The lowest BCUT2D eigenvalue weighted by Gasteiger charge is -2.12. The van der Waals surface area contributed by atoms with Crippen LogP contribution in [0.3, 0.4) is 0 Å². The minimum atomic E-state index is 0.485. The molecule has 1 fully saturated rings. The molecule has 0 aliphatic heterocycles. The van der Waals surface area contributed by atoms with Gasteiger partial charge in [0, 0.05) is 19.3 Å². The van der Waals surface area contributed by atoms with Crippen LogP contribution < -0.4 is 5.32 Å². The SMILES string of the molecule is C=CCNc1nc(C)cn1CCOC1CCCC1. The van der Waals surface area contributed by atoms with Crippen molar-refractivity contribution in [3.63, 3.8) is 0 Å². The number of rotatable bonds is 7. The molecule has 0 atom stereocenters. The second-order valence-corrected chi connectivity index (χ2v) is 4.85. The molecule has 1 aliphatic carbocycles. The third-order valence-electron chi connectivity index (χ3n) is 3.29. The third-order valence-corrected chi connectivity index (χ3v) is 3.29. The van der Waals surface area contributed by atoms with Crippen LogP contribution in [0.5, 0.6) is 0 Å². The molecule has 1 saturated carbocycles. The van der Waals surface area contributed by atoms with Crippen LogP contribution in [0.4, 0.5) is 5.95 Å². The molecule has 2 rings (SSSR count). The van der Waals surface area contributed by atoms with Gasteiger partial charge < -0.3 is 14.6 Å². The number of imidazole rings is 1. The summed E-state index contributed by atoms with van der Waals surface area (Å²) in [6.45, 7) is 8.07. The van der Waals surface area contributed by atoms with Crippen molar-refractivity contribution in [3.8, 4) is 0 Å². The lowest BCUT2D eigenvalue weighted by Crippen LogP contribution is -2.14. The van der Waals surface area contributed by atoms with E-state index in [-0.39, 0.29) is 0 Å². The van der Waals surface area contributed by atoms with E-state index in [1.165, 1.54) is 25.7 Å². The van der Waals surface area contributed by atoms with Gasteiger partial charge in [-0.2, -0.15) is 0 Å². The molecule has 0 unspecified atom stereocenters. The molecule has 4 heteroatoms. The van der Waals surface area contributed by atoms with E-state index in [0.29, 0.717) is 6.10 Å². The Balaban J connectivity index is 1.81. The van der Waals surface area contributed by atoms with Crippen molar-refractivity contribution >= 4 is 5.95 Å². The molecule has 0 spiro atoms. The molecule has 0 bridgehead atoms. The first-order valence-electron chi connectivity index (χ1n) is 6.79. The smallest absolute Gasteiger partial charge is 0.203 e. The van der Waals surface area contributed by atoms with Crippen LogP contribution in [0.2, 0.25) is 0 Å². The first kappa shape index (κ1) is 13.1. The Labute approximate surface area is 109 Å². The van der Waals surface area contributed by atoms with E-state index in [1.54, 1.807) is 0 Å². The quantitative estimate of drug-likeness (QED) is 0.755. The summed E-state index contributed by atoms with van der Waals surface area (Å²) in [5.74, 6) is 0.905. The van der Waals surface area contributed by atoms with Gasteiger partial charge in [-0.3, -0.25) is 0 Å². The van der Waals surface area contributed by atoms with Gasteiger partial charge in [0.25, 0.3) is 0 Å². The van der Waals surface area contributed by atoms with E-state index >= 15 is 0 Å². The van der Waals surface area contributed by atoms with Gasteiger partial charge in [0.05, 0.1) is 18.4 Å². The fraction of sp³-hybridized carbons (Fsp3) is 0.643. The molecule has 18 heavy (non-hydrogen) atoms. The standard InChI is InChI=1S/C14H23N3O/c1-3-8-15-14-16-12(2)11-17(14)9-10-18-13-6-4-5-7-13/h3,11,13H,1,4-10H2,2H3,(H,15,16). The van der Waals surface area contributed by atoms with Crippen LogP contribution in [-0.4, -0.2) is 28.8 Å². The second-order valence-electron chi connectivity index (χ2n) is 4.85. The molecule has 0 amide bonds. The summed E-state index contributed by atoms with van der Waals surface area (Å²) in [5, 5.41) is 3.24. The Hall–Kier alpha value is -1.29. The highest BCUT2D eigenvalue weighted by Gasteiger charge is 2.15. The number of anilines is 1. The first-order chi connectivity index (χ1) is 8.79. The van der Waals surface area contributed by atoms with E-state index in [2.05, 4.69) is 27.6 Å². The van der Waals surface area contributed by atoms with Crippen molar-refractivity contribution in [2.24, 2.45) is 0 Å². The fourth-order valence-electron chi connectivity index (χ4n) is 2.39. The predicted octanol–water partition coefficient (Wildman–Crippen LogP) is 2.75. The average Bonchev–Trinajstić information content (AvgIpc) is 2.97. The van der Waals surface area contributed by atoms with Gasteiger partial charge in [0.1, 0.15) is 0 Å². The largest absolute Gasteiger partial charge is 0.376 e. The topological polar surface area (TPSA) is 39.1 Å². The number of nitrogens with zero attached hydrogens (tertiary/aromatic N) is 2. The van der Waals surface area contributed by atoms with E-state index in [0.717, 1.165) is 31.3 Å². The molecule has 0 aromatic carbocycles. The Morgan fingerprint density at radius 2 is 2.33 bits per heavy atom. The van der Waals surface area contributed by atoms with Gasteiger partial charge in [0.2, 0.25) is 5.95 Å². The number of aryl methyl sites for hydroxylation is 1. The summed E-state index contributed by atoms with van der Waals surface area (Å²) in [4.78, 5) is 4.45. The highest BCUT2D eigenvalue weighted by atomic mass is 16.5. The maximum absolute atomic E-state index is 5.88. The zero-order chi connectivity index (χ0) is 12.8. The predicted molar refractivity (Wildman–Crippen MR) is 73.9 cm³/mol. The maximum atomic E-state index is 5.88. The Morgan fingerprint density at radius 3 is 3.06 bits per heavy atom. The van der Waals surface area contributed by atoms with Gasteiger partial charge in [0.15, 0.2) is 0 Å². The molecule has 0 radical (unpaired) electrons. The molecule has 100 valence electrons. The number of hydrogen-bond donors (Lipinski definition) is 1. The molecule has 1 heterocycles. The maximum Gasteiger partial charge on any atom is 0.203 e. The van der Waals surface area contributed by atoms with Gasteiger partial charge >= 0.3 is 0 Å². The fourth-order valence-corrected chi connectivity index (χ4v) is 2.39. The van der Waals surface area contributed by atoms with Crippen molar-refractivity contribution in [2.75, 3.05) is 18.5 Å². The van der Waals surface area contributed by atoms with Gasteiger partial charge in [-0.15, -0.1) is 6.58 Å². The lowest BCUT2D eigenvalue weighted by molar-refractivity contribution is 0.0532. The van der Waals surface area contributed by atoms with E-state index in [9.17, 15) is 0 Å². The lowest BCUT2D eigenvalue weighted by atomic mass is 10.3. The van der Waals surface area contributed by atoms with Gasteiger partial charge in [-0.05, 0) is 19.8 Å². The Bertz CT molecular complexity index is 380. The minimum Gasteiger partial charge on any atom is -0.376 e. The molecular weight excluding hydrogens is 226 g/mol. The molecular formula is C14H23N3O. The van der Waals surface area contributed by atoms with E-state index < -0.39 is 0 Å². The highest BCUT2D eigenvalue weighted by Crippen LogP contribution is 2.21. The molecule has 4 nitrogen and oxygen atoms in total. The zero-order valence-corrected chi connectivity index (χ0v) is 11.2. The normalized spacial score (nSPS) is 16.1. The summed E-state index contributed by atoms with van der Waals surface area (Å²) < 4.78 is 8.00. The molecule has 0 saturated heterocycles. The van der Waals surface area contributed by atoms with Crippen molar-refractivity contribution in [3.05, 3.63) is 24.5 Å². The molecule has 1 aromatic heterocycles. The van der Waals surface area contributed by atoms with Crippen molar-refractivity contribution in [2.45, 2.75) is 45.3 Å².